The molecule has 0 saturated carbocycles. The monoisotopic (exact) mass is 226 g/mol. The maximum Gasteiger partial charge on any atom is 0.224 e. The molecule has 90 valence electrons. The van der Waals surface area contributed by atoms with E-state index in [1.807, 2.05) is 0 Å². The van der Waals surface area contributed by atoms with E-state index >= 15 is 0 Å². The molecule has 4 N–H and O–H groups in total. The fourth-order valence-electron chi connectivity index (χ4n) is 1.12. The van der Waals surface area contributed by atoms with Crippen LogP contribution in [0.4, 0.5) is 11.8 Å². The Morgan fingerprint density at radius 1 is 1.38 bits per heavy atom. The lowest BCUT2D eigenvalue weighted by molar-refractivity contribution is 0.203. The first-order valence-electron chi connectivity index (χ1n) is 5.35. The van der Waals surface area contributed by atoms with Crippen molar-refractivity contribution in [1.29, 1.82) is 0 Å². The molecule has 1 heterocycles. The third kappa shape index (κ3) is 4.00. The third-order valence-electron chi connectivity index (χ3n) is 1.98. The molecule has 0 radical (unpaired) electrons. The zero-order valence-corrected chi connectivity index (χ0v) is 9.35. The van der Waals surface area contributed by atoms with E-state index in [0.29, 0.717) is 11.8 Å². The predicted octanol–water partition coefficient (Wildman–Crippen LogP) is 0.0636. The molecule has 0 atom stereocenters. The zero-order chi connectivity index (χ0) is 11.8. The van der Waals surface area contributed by atoms with E-state index in [9.17, 15) is 0 Å². The van der Waals surface area contributed by atoms with Gasteiger partial charge >= 0.3 is 0 Å². The second-order valence-electron chi connectivity index (χ2n) is 3.40. The summed E-state index contributed by atoms with van der Waals surface area (Å²) in [6.07, 6.45) is 2.62. The molecule has 0 aliphatic carbocycles. The quantitative estimate of drug-likeness (QED) is 0.526. The van der Waals surface area contributed by atoms with Gasteiger partial charge in [0.05, 0.1) is 19.3 Å². The van der Waals surface area contributed by atoms with Crippen LogP contribution >= 0.6 is 0 Å². The molecule has 0 unspecified atom stereocenters. The maximum absolute atomic E-state index is 8.92. The molecule has 0 spiro atoms. The van der Waals surface area contributed by atoms with Crippen LogP contribution in [0, 0.1) is 0 Å². The van der Waals surface area contributed by atoms with Gasteiger partial charge in [-0.15, -0.1) is 0 Å². The summed E-state index contributed by atoms with van der Waals surface area (Å²) in [7, 11) is 0. The van der Waals surface area contributed by atoms with E-state index in [-0.39, 0.29) is 13.2 Å². The van der Waals surface area contributed by atoms with E-state index in [4.69, 9.17) is 10.2 Å². The van der Waals surface area contributed by atoms with Gasteiger partial charge in [-0.2, -0.15) is 4.98 Å². The number of nitrogens with zero attached hydrogens (tertiary/aromatic N) is 2. The van der Waals surface area contributed by atoms with Gasteiger partial charge in [-0.25, -0.2) is 4.98 Å². The Labute approximate surface area is 94.7 Å². The Morgan fingerprint density at radius 3 is 2.75 bits per heavy atom. The average molecular weight is 226 g/mol. The van der Waals surface area contributed by atoms with Crippen LogP contribution in [-0.4, -0.2) is 46.0 Å². The number of aliphatic hydroxyl groups excluding tert-OH is 2. The molecule has 1 rings (SSSR count). The SMILES string of the molecule is CCCNc1nccc(NC(CO)CO)n1. The molecule has 0 amide bonds. The molecule has 1 aromatic heterocycles. The summed E-state index contributed by atoms with van der Waals surface area (Å²) >= 11 is 0. The van der Waals surface area contributed by atoms with E-state index in [2.05, 4.69) is 27.5 Å². The van der Waals surface area contributed by atoms with E-state index < -0.39 is 6.04 Å². The summed E-state index contributed by atoms with van der Waals surface area (Å²) in [6.45, 7) is 2.59. The Kier molecular flexibility index (Phi) is 5.52. The van der Waals surface area contributed by atoms with Crippen molar-refractivity contribution >= 4 is 11.8 Å². The second kappa shape index (κ2) is 6.97. The molecular formula is C10H18N4O2. The van der Waals surface area contributed by atoms with Gasteiger partial charge in [0.25, 0.3) is 0 Å². The minimum atomic E-state index is -0.395. The van der Waals surface area contributed by atoms with Crippen molar-refractivity contribution in [3.8, 4) is 0 Å². The van der Waals surface area contributed by atoms with Crippen molar-refractivity contribution in [3.05, 3.63) is 12.3 Å². The van der Waals surface area contributed by atoms with Crippen molar-refractivity contribution in [2.75, 3.05) is 30.4 Å². The largest absolute Gasteiger partial charge is 0.394 e. The van der Waals surface area contributed by atoms with Crippen LogP contribution in [0.3, 0.4) is 0 Å². The minimum Gasteiger partial charge on any atom is -0.394 e. The molecule has 0 aromatic carbocycles. The fraction of sp³-hybridized carbons (Fsp3) is 0.600. The Bertz CT molecular complexity index is 305. The summed E-state index contributed by atoms with van der Waals surface area (Å²) in [6, 6.07) is 1.30. The number of rotatable bonds is 7. The van der Waals surface area contributed by atoms with Gasteiger partial charge in [0.2, 0.25) is 5.95 Å². The smallest absolute Gasteiger partial charge is 0.224 e. The maximum atomic E-state index is 8.92. The first-order chi connectivity index (χ1) is 7.80. The molecule has 0 aliphatic rings. The highest BCUT2D eigenvalue weighted by molar-refractivity contribution is 5.40. The number of nitrogens with one attached hydrogen (secondary N) is 2. The van der Waals surface area contributed by atoms with Gasteiger partial charge in [-0.1, -0.05) is 6.92 Å². The first kappa shape index (κ1) is 12.7. The minimum absolute atomic E-state index is 0.141. The lowest BCUT2D eigenvalue weighted by Crippen LogP contribution is -2.28. The van der Waals surface area contributed by atoms with Gasteiger partial charge in [-0.3, -0.25) is 0 Å². The standard InChI is InChI=1S/C10H18N4O2/c1-2-4-11-10-12-5-3-9(14-10)13-8(6-15)7-16/h3,5,8,15-16H,2,4,6-7H2,1H3,(H2,11,12,13,14). The summed E-state index contributed by atoms with van der Waals surface area (Å²) in [4.78, 5) is 8.24. The van der Waals surface area contributed by atoms with E-state index in [1.54, 1.807) is 12.3 Å². The number of hydrogen-bond acceptors (Lipinski definition) is 6. The number of hydrogen-bond donors (Lipinski definition) is 4. The van der Waals surface area contributed by atoms with E-state index in [0.717, 1.165) is 13.0 Å². The summed E-state index contributed by atoms with van der Waals surface area (Å²) in [5, 5.41) is 23.8. The van der Waals surface area contributed by atoms with Crippen LogP contribution in [0.2, 0.25) is 0 Å². The average Bonchev–Trinajstić information content (AvgIpc) is 2.34. The molecule has 0 saturated heterocycles. The zero-order valence-electron chi connectivity index (χ0n) is 9.35. The van der Waals surface area contributed by atoms with Gasteiger partial charge in [0.1, 0.15) is 5.82 Å². The summed E-state index contributed by atoms with van der Waals surface area (Å²) < 4.78 is 0. The molecule has 0 bridgehead atoms. The van der Waals surface area contributed by atoms with Gasteiger partial charge in [0.15, 0.2) is 0 Å². The van der Waals surface area contributed by atoms with Crippen molar-refractivity contribution in [2.24, 2.45) is 0 Å². The number of aliphatic hydroxyl groups is 2. The Hall–Kier alpha value is -1.40. The Morgan fingerprint density at radius 2 is 2.12 bits per heavy atom. The number of anilines is 2. The third-order valence-corrected chi connectivity index (χ3v) is 1.98. The van der Waals surface area contributed by atoms with Crippen LogP contribution in [0.25, 0.3) is 0 Å². The molecule has 0 aliphatic heterocycles. The van der Waals surface area contributed by atoms with Crippen LogP contribution in [0.1, 0.15) is 13.3 Å². The predicted molar refractivity (Wildman–Crippen MR) is 62.4 cm³/mol. The van der Waals surface area contributed by atoms with Crippen molar-refractivity contribution in [2.45, 2.75) is 19.4 Å². The van der Waals surface area contributed by atoms with Crippen LogP contribution in [0.15, 0.2) is 12.3 Å². The highest BCUT2D eigenvalue weighted by atomic mass is 16.3. The van der Waals surface area contributed by atoms with Crippen LogP contribution in [-0.2, 0) is 0 Å². The molecule has 0 fully saturated rings. The molecule has 6 heteroatoms. The normalized spacial score (nSPS) is 10.5. The summed E-state index contributed by atoms with van der Waals surface area (Å²) in [5.41, 5.74) is 0. The second-order valence-corrected chi connectivity index (χ2v) is 3.40. The van der Waals surface area contributed by atoms with E-state index in [1.165, 1.54) is 0 Å². The van der Waals surface area contributed by atoms with Crippen molar-refractivity contribution < 1.29 is 10.2 Å². The number of aromatic nitrogens is 2. The van der Waals surface area contributed by atoms with Crippen LogP contribution < -0.4 is 10.6 Å². The van der Waals surface area contributed by atoms with Gasteiger partial charge < -0.3 is 20.8 Å². The van der Waals surface area contributed by atoms with Crippen molar-refractivity contribution in [1.82, 2.24) is 9.97 Å². The molecule has 16 heavy (non-hydrogen) atoms. The lowest BCUT2D eigenvalue weighted by Gasteiger charge is -2.14. The topological polar surface area (TPSA) is 90.3 Å². The first-order valence-corrected chi connectivity index (χ1v) is 5.35. The Balaban J connectivity index is 2.59. The summed E-state index contributed by atoms with van der Waals surface area (Å²) in [5.74, 6) is 1.13. The lowest BCUT2D eigenvalue weighted by atomic mass is 10.3. The van der Waals surface area contributed by atoms with Gasteiger partial charge in [-0.05, 0) is 12.5 Å². The highest BCUT2D eigenvalue weighted by Gasteiger charge is 2.06. The van der Waals surface area contributed by atoms with Crippen molar-refractivity contribution in [3.63, 3.8) is 0 Å². The van der Waals surface area contributed by atoms with Crippen LogP contribution in [0.5, 0.6) is 0 Å². The highest BCUT2D eigenvalue weighted by Crippen LogP contribution is 2.06. The molecule has 1 aromatic rings. The fourth-order valence-corrected chi connectivity index (χ4v) is 1.12. The molecule has 6 nitrogen and oxygen atoms in total. The van der Waals surface area contributed by atoms with Gasteiger partial charge in [0, 0.05) is 12.7 Å². The molecular weight excluding hydrogens is 208 g/mol.